The van der Waals surface area contributed by atoms with Crippen LogP contribution in [-0.2, 0) is 10.0 Å². The molecule has 26 heavy (non-hydrogen) atoms. The lowest BCUT2D eigenvalue weighted by molar-refractivity contribution is 0.0953. The molecule has 0 fully saturated rings. The van der Waals surface area contributed by atoms with Gasteiger partial charge in [-0.25, -0.2) is 8.42 Å². The fourth-order valence-corrected chi connectivity index (χ4v) is 2.96. The molecule has 0 aliphatic heterocycles. The van der Waals surface area contributed by atoms with Crippen molar-refractivity contribution in [3.05, 3.63) is 60.2 Å². The van der Waals surface area contributed by atoms with Gasteiger partial charge in [0.05, 0.1) is 11.9 Å². The van der Waals surface area contributed by atoms with Crippen LogP contribution in [0.2, 0.25) is 0 Å². The van der Waals surface area contributed by atoms with E-state index in [2.05, 4.69) is 10.2 Å². The maximum absolute atomic E-state index is 12.3. The topological polar surface area (TPSA) is 69.7 Å². The van der Waals surface area contributed by atoms with E-state index in [1.54, 1.807) is 24.3 Å². The molecule has 0 radical (unpaired) electrons. The second-order valence-electron chi connectivity index (χ2n) is 6.15. The number of amides is 1. The minimum atomic E-state index is -3.36. The van der Waals surface area contributed by atoms with E-state index in [0.717, 1.165) is 29.2 Å². The van der Waals surface area contributed by atoms with Gasteiger partial charge < -0.3 is 10.2 Å². The largest absolute Gasteiger partial charge is 0.375 e. The molecule has 0 heterocycles. The van der Waals surface area contributed by atoms with Crippen molar-refractivity contribution in [2.75, 3.05) is 42.6 Å². The first-order valence-corrected chi connectivity index (χ1v) is 10.2. The van der Waals surface area contributed by atoms with E-state index in [-0.39, 0.29) is 5.91 Å². The molecule has 2 aromatic carbocycles. The SMILES string of the molecule is CN(CCCNC(=O)c1cccc(N(C)S(C)(=O)=O)c1)c1ccccc1. The molecule has 0 saturated carbocycles. The Morgan fingerprint density at radius 1 is 1.00 bits per heavy atom. The number of benzene rings is 2. The van der Waals surface area contributed by atoms with E-state index in [4.69, 9.17) is 0 Å². The van der Waals surface area contributed by atoms with Crippen molar-refractivity contribution in [3.63, 3.8) is 0 Å². The molecule has 2 aromatic rings. The van der Waals surface area contributed by atoms with Gasteiger partial charge in [-0.3, -0.25) is 9.10 Å². The molecule has 0 aliphatic rings. The molecule has 140 valence electrons. The Labute approximate surface area is 155 Å². The van der Waals surface area contributed by atoms with E-state index in [1.165, 1.54) is 7.05 Å². The molecule has 0 aromatic heterocycles. The number of nitrogens with one attached hydrogen (secondary N) is 1. The van der Waals surface area contributed by atoms with Gasteiger partial charge in [0.1, 0.15) is 0 Å². The third kappa shape index (κ3) is 5.49. The number of rotatable bonds is 8. The van der Waals surface area contributed by atoms with E-state index in [0.29, 0.717) is 17.8 Å². The lowest BCUT2D eigenvalue weighted by Crippen LogP contribution is -2.29. The summed E-state index contributed by atoms with van der Waals surface area (Å²) < 4.78 is 24.4. The first-order valence-electron chi connectivity index (χ1n) is 8.37. The van der Waals surface area contributed by atoms with Crippen molar-refractivity contribution in [3.8, 4) is 0 Å². The van der Waals surface area contributed by atoms with Gasteiger partial charge in [0.15, 0.2) is 0 Å². The second kappa shape index (κ2) is 8.71. The average Bonchev–Trinajstić information content (AvgIpc) is 2.64. The summed E-state index contributed by atoms with van der Waals surface area (Å²) in [6, 6.07) is 16.6. The standard InChI is InChI=1S/C19H25N3O3S/c1-21(17-10-5-4-6-11-17)14-8-13-20-19(23)16-9-7-12-18(15-16)22(2)26(3,24)25/h4-7,9-12,15H,8,13-14H2,1-3H3,(H,20,23). The Hall–Kier alpha value is -2.54. The average molecular weight is 375 g/mol. The quantitative estimate of drug-likeness (QED) is 0.719. The van der Waals surface area contributed by atoms with Crippen LogP contribution >= 0.6 is 0 Å². The zero-order valence-corrected chi connectivity index (χ0v) is 16.2. The van der Waals surface area contributed by atoms with Crippen LogP contribution in [0, 0.1) is 0 Å². The Bertz CT molecular complexity index is 838. The molecule has 0 spiro atoms. The predicted octanol–water partition coefficient (Wildman–Crippen LogP) is 2.34. The molecular weight excluding hydrogens is 350 g/mol. The number of nitrogens with zero attached hydrogens (tertiary/aromatic N) is 2. The molecule has 1 amide bonds. The van der Waals surface area contributed by atoms with Gasteiger partial charge in [-0.15, -0.1) is 0 Å². The summed E-state index contributed by atoms with van der Waals surface area (Å²) in [5.41, 5.74) is 2.04. The Morgan fingerprint density at radius 2 is 1.65 bits per heavy atom. The molecule has 0 aliphatic carbocycles. The molecule has 0 atom stereocenters. The molecule has 6 nitrogen and oxygen atoms in total. The lowest BCUT2D eigenvalue weighted by atomic mass is 10.2. The van der Waals surface area contributed by atoms with Crippen LogP contribution in [-0.4, -0.2) is 47.8 Å². The number of anilines is 2. The van der Waals surface area contributed by atoms with Gasteiger partial charge in [0.2, 0.25) is 10.0 Å². The lowest BCUT2D eigenvalue weighted by Gasteiger charge is -2.19. The van der Waals surface area contributed by atoms with E-state index in [1.807, 2.05) is 37.4 Å². The minimum Gasteiger partial charge on any atom is -0.375 e. The van der Waals surface area contributed by atoms with Crippen molar-refractivity contribution in [1.29, 1.82) is 0 Å². The summed E-state index contributed by atoms with van der Waals surface area (Å²) >= 11 is 0. The van der Waals surface area contributed by atoms with Crippen molar-refractivity contribution in [1.82, 2.24) is 5.32 Å². The fraction of sp³-hybridized carbons (Fsp3) is 0.316. The summed E-state index contributed by atoms with van der Waals surface area (Å²) in [6.07, 6.45) is 1.93. The zero-order valence-electron chi connectivity index (χ0n) is 15.3. The van der Waals surface area contributed by atoms with Crippen molar-refractivity contribution >= 4 is 27.3 Å². The van der Waals surface area contributed by atoms with E-state index in [9.17, 15) is 13.2 Å². The summed E-state index contributed by atoms with van der Waals surface area (Å²) in [7, 11) is 0.121. The van der Waals surface area contributed by atoms with Crippen molar-refractivity contribution in [2.24, 2.45) is 0 Å². The molecule has 0 saturated heterocycles. The minimum absolute atomic E-state index is 0.212. The van der Waals surface area contributed by atoms with Gasteiger partial charge in [-0.1, -0.05) is 24.3 Å². The molecule has 0 unspecified atom stereocenters. The smallest absolute Gasteiger partial charge is 0.251 e. The van der Waals surface area contributed by atoms with E-state index >= 15 is 0 Å². The number of para-hydroxylation sites is 1. The van der Waals surface area contributed by atoms with Crippen LogP contribution in [0.1, 0.15) is 16.8 Å². The van der Waals surface area contributed by atoms with Crippen molar-refractivity contribution in [2.45, 2.75) is 6.42 Å². The van der Waals surface area contributed by atoms with Crippen LogP contribution in [0.3, 0.4) is 0 Å². The highest BCUT2D eigenvalue weighted by Gasteiger charge is 2.14. The summed E-state index contributed by atoms with van der Waals surface area (Å²) in [5, 5.41) is 2.88. The van der Waals surface area contributed by atoms with Gasteiger partial charge >= 0.3 is 0 Å². The Morgan fingerprint density at radius 3 is 2.31 bits per heavy atom. The van der Waals surface area contributed by atoms with Crippen LogP contribution < -0.4 is 14.5 Å². The number of sulfonamides is 1. The highest BCUT2D eigenvalue weighted by molar-refractivity contribution is 7.92. The molecule has 2 rings (SSSR count). The summed E-state index contributed by atoms with van der Waals surface area (Å²) in [4.78, 5) is 14.4. The molecule has 7 heteroatoms. The van der Waals surface area contributed by atoms with Crippen LogP contribution in [0.15, 0.2) is 54.6 Å². The number of hydrogen-bond donors (Lipinski definition) is 1. The van der Waals surface area contributed by atoms with Crippen molar-refractivity contribution < 1.29 is 13.2 Å². The first kappa shape index (κ1) is 19.8. The zero-order chi connectivity index (χ0) is 19.2. The molecular formula is C19H25N3O3S. The van der Waals surface area contributed by atoms with Gasteiger partial charge in [0.25, 0.3) is 5.91 Å². The highest BCUT2D eigenvalue weighted by Crippen LogP contribution is 2.17. The number of carbonyl (C=O) groups excluding carboxylic acids is 1. The maximum atomic E-state index is 12.3. The maximum Gasteiger partial charge on any atom is 0.251 e. The predicted molar refractivity (Wildman–Crippen MR) is 106 cm³/mol. The molecule has 1 N–H and O–H groups in total. The number of hydrogen-bond acceptors (Lipinski definition) is 4. The van der Waals surface area contributed by atoms with Gasteiger partial charge in [-0.05, 0) is 36.8 Å². The highest BCUT2D eigenvalue weighted by atomic mass is 32.2. The Balaban J connectivity index is 1.86. The second-order valence-corrected chi connectivity index (χ2v) is 8.16. The van der Waals surface area contributed by atoms with Crippen LogP contribution in [0.4, 0.5) is 11.4 Å². The third-order valence-corrected chi connectivity index (χ3v) is 5.33. The molecule has 0 bridgehead atoms. The number of carbonyl (C=O) groups is 1. The monoisotopic (exact) mass is 375 g/mol. The normalized spacial score (nSPS) is 11.0. The van der Waals surface area contributed by atoms with E-state index < -0.39 is 10.0 Å². The van der Waals surface area contributed by atoms with Crippen LogP contribution in [0.25, 0.3) is 0 Å². The Kier molecular flexibility index (Phi) is 6.63. The summed E-state index contributed by atoms with van der Waals surface area (Å²) in [5.74, 6) is -0.212. The summed E-state index contributed by atoms with van der Waals surface area (Å²) in [6.45, 7) is 1.36. The van der Waals surface area contributed by atoms with Crippen LogP contribution in [0.5, 0.6) is 0 Å². The van der Waals surface area contributed by atoms with Gasteiger partial charge in [0, 0.05) is 38.4 Å². The first-order chi connectivity index (χ1) is 12.3. The van der Waals surface area contributed by atoms with Gasteiger partial charge in [-0.2, -0.15) is 0 Å². The fourth-order valence-electron chi connectivity index (χ4n) is 2.47. The third-order valence-electron chi connectivity index (χ3n) is 4.12.